The summed E-state index contributed by atoms with van der Waals surface area (Å²) in [6, 6.07) is 5.00. The first-order chi connectivity index (χ1) is 9.61. The first-order valence-corrected chi connectivity index (χ1v) is 6.64. The van der Waals surface area contributed by atoms with Gasteiger partial charge in [0.1, 0.15) is 13.2 Å². The average molecular weight is 280 g/mol. The van der Waals surface area contributed by atoms with E-state index in [1.54, 1.807) is 32.2 Å². The fourth-order valence-electron chi connectivity index (χ4n) is 1.98. The van der Waals surface area contributed by atoms with Gasteiger partial charge in [-0.1, -0.05) is 6.07 Å². The van der Waals surface area contributed by atoms with E-state index in [0.29, 0.717) is 24.7 Å². The summed E-state index contributed by atoms with van der Waals surface area (Å²) in [5.74, 6) is 1.23. The molecule has 2 rings (SSSR count). The highest BCUT2D eigenvalue weighted by molar-refractivity contribution is 5.80. The number of aliphatic hydroxyl groups excluding tert-OH is 1. The Morgan fingerprint density at radius 1 is 1.35 bits per heavy atom. The molecule has 6 heteroatoms. The van der Waals surface area contributed by atoms with E-state index in [1.807, 2.05) is 0 Å². The average Bonchev–Trinajstić information content (AvgIpc) is 2.50. The fourth-order valence-corrected chi connectivity index (χ4v) is 1.98. The van der Waals surface area contributed by atoms with Crippen LogP contribution in [0.2, 0.25) is 0 Å². The van der Waals surface area contributed by atoms with Gasteiger partial charge < -0.3 is 25.2 Å². The van der Waals surface area contributed by atoms with Crippen LogP contribution < -0.4 is 20.1 Å². The number of nitrogens with one attached hydrogen (secondary N) is 2. The van der Waals surface area contributed by atoms with Crippen LogP contribution in [0.25, 0.3) is 0 Å². The predicted octanol–water partition coefficient (Wildman–Crippen LogP) is 0.215. The van der Waals surface area contributed by atoms with Crippen LogP contribution in [-0.4, -0.2) is 43.9 Å². The van der Waals surface area contributed by atoms with Crippen molar-refractivity contribution in [1.82, 2.24) is 10.6 Å². The second-order valence-corrected chi connectivity index (χ2v) is 4.66. The molecule has 0 saturated heterocycles. The van der Waals surface area contributed by atoms with Crippen molar-refractivity contribution in [2.75, 3.05) is 26.8 Å². The predicted molar refractivity (Wildman–Crippen MR) is 73.9 cm³/mol. The number of ether oxygens (including phenoxy) is 2. The van der Waals surface area contributed by atoms with Crippen molar-refractivity contribution < 1.29 is 19.4 Å². The normalized spacial score (nSPS) is 16.4. The molecule has 1 heterocycles. The van der Waals surface area contributed by atoms with Crippen molar-refractivity contribution in [3.8, 4) is 11.5 Å². The molecule has 1 aromatic rings. The summed E-state index contributed by atoms with van der Waals surface area (Å²) in [5, 5.41) is 15.7. The largest absolute Gasteiger partial charge is 0.486 e. The highest BCUT2D eigenvalue weighted by atomic mass is 16.6. The van der Waals surface area contributed by atoms with Gasteiger partial charge in [0, 0.05) is 13.6 Å². The zero-order valence-corrected chi connectivity index (χ0v) is 11.7. The Morgan fingerprint density at radius 2 is 2.05 bits per heavy atom. The van der Waals surface area contributed by atoms with E-state index in [9.17, 15) is 9.90 Å². The van der Waals surface area contributed by atoms with Crippen molar-refractivity contribution in [3.05, 3.63) is 23.8 Å². The van der Waals surface area contributed by atoms with Crippen LogP contribution in [0, 0.1) is 0 Å². The molecule has 3 N–H and O–H groups in total. The lowest BCUT2D eigenvalue weighted by atomic mass is 10.1. The number of aliphatic hydroxyl groups is 1. The Kier molecular flexibility index (Phi) is 4.81. The van der Waals surface area contributed by atoms with Gasteiger partial charge in [0.25, 0.3) is 0 Å². The topological polar surface area (TPSA) is 79.8 Å². The molecule has 1 amide bonds. The number of hydrogen-bond donors (Lipinski definition) is 3. The number of likely N-dealkylation sites (N-methyl/N-ethyl adjacent to an activating group) is 1. The quantitative estimate of drug-likeness (QED) is 0.719. The molecule has 0 aliphatic carbocycles. The Morgan fingerprint density at radius 3 is 2.75 bits per heavy atom. The lowest BCUT2D eigenvalue weighted by Crippen LogP contribution is -2.42. The maximum atomic E-state index is 11.4. The van der Waals surface area contributed by atoms with Crippen molar-refractivity contribution in [2.24, 2.45) is 0 Å². The summed E-state index contributed by atoms with van der Waals surface area (Å²) in [5.41, 5.74) is 0.728. The van der Waals surface area contributed by atoms with Gasteiger partial charge in [-0.15, -0.1) is 0 Å². The van der Waals surface area contributed by atoms with E-state index in [0.717, 1.165) is 5.56 Å². The standard InChI is InChI=1S/C14H20N2O4/c1-9(14(18)15-2)16-8-11(17)10-3-4-12-13(7-10)20-6-5-19-12/h3-4,7,9,11,16-17H,5-6,8H2,1-2H3,(H,15,18). The lowest BCUT2D eigenvalue weighted by molar-refractivity contribution is -0.122. The van der Waals surface area contributed by atoms with Crippen LogP contribution in [0.4, 0.5) is 0 Å². The SMILES string of the molecule is CNC(=O)C(C)NCC(O)c1ccc2c(c1)OCCO2. The molecule has 2 atom stereocenters. The van der Waals surface area contributed by atoms with E-state index in [2.05, 4.69) is 10.6 Å². The highest BCUT2D eigenvalue weighted by Gasteiger charge is 2.17. The minimum atomic E-state index is -0.710. The van der Waals surface area contributed by atoms with Crippen molar-refractivity contribution >= 4 is 5.91 Å². The second-order valence-electron chi connectivity index (χ2n) is 4.66. The molecule has 110 valence electrons. The number of carbonyl (C=O) groups excluding carboxylic acids is 1. The Labute approximate surface area is 118 Å². The summed E-state index contributed by atoms with van der Waals surface area (Å²) in [7, 11) is 1.58. The third kappa shape index (κ3) is 3.40. The molecular weight excluding hydrogens is 260 g/mol. The van der Waals surface area contributed by atoms with Crippen LogP contribution in [0.3, 0.4) is 0 Å². The van der Waals surface area contributed by atoms with Gasteiger partial charge in [0.05, 0.1) is 12.1 Å². The van der Waals surface area contributed by atoms with Gasteiger partial charge in [0.15, 0.2) is 11.5 Å². The van der Waals surface area contributed by atoms with Crippen LogP contribution >= 0.6 is 0 Å². The molecular formula is C14H20N2O4. The number of amides is 1. The van der Waals surface area contributed by atoms with Gasteiger partial charge in [-0.2, -0.15) is 0 Å². The molecule has 0 fully saturated rings. The summed E-state index contributed by atoms with van der Waals surface area (Å²) in [6.45, 7) is 3.09. The molecule has 0 saturated carbocycles. The van der Waals surface area contributed by atoms with Gasteiger partial charge >= 0.3 is 0 Å². The molecule has 1 aliphatic heterocycles. The zero-order valence-electron chi connectivity index (χ0n) is 11.7. The third-order valence-corrected chi connectivity index (χ3v) is 3.21. The smallest absolute Gasteiger partial charge is 0.236 e. The minimum Gasteiger partial charge on any atom is -0.486 e. The summed E-state index contributed by atoms with van der Waals surface area (Å²) in [4.78, 5) is 11.4. The van der Waals surface area contributed by atoms with E-state index in [-0.39, 0.29) is 18.5 Å². The lowest BCUT2D eigenvalue weighted by Gasteiger charge is -2.21. The molecule has 0 spiro atoms. The first kappa shape index (κ1) is 14.6. The van der Waals surface area contributed by atoms with Gasteiger partial charge in [0.2, 0.25) is 5.91 Å². The molecule has 0 bridgehead atoms. The number of hydrogen-bond acceptors (Lipinski definition) is 5. The molecule has 20 heavy (non-hydrogen) atoms. The summed E-state index contributed by atoms with van der Waals surface area (Å²) >= 11 is 0. The van der Waals surface area contributed by atoms with Crippen molar-refractivity contribution in [1.29, 1.82) is 0 Å². The Balaban J connectivity index is 1.95. The molecule has 2 unspecified atom stereocenters. The second kappa shape index (κ2) is 6.58. The zero-order chi connectivity index (χ0) is 14.5. The van der Waals surface area contributed by atoms with Gasteiger partial charge in [-0.05, 0) is 24.6 Å². The van der Waals surface area contributed by atoms with E-state index in [1.165, 1.54) is 0 Å². The van der Waals surface area contributed by atoms with Crippen molar-refractivity contribution in [2.45, 2.75) is 19.1 Å². The van der Waals surface area contributed by atoms with E-state index < -0.39 is 6.10 Å². The number of fused-ring (bicyclic) bond motifs is 1. The van der Waals surface area contributed by atoms with Gasteiger partial charge in [-0.25, -0.2) is 0 Å². The number of benzene rings is 1. The van der Waals surface area contributed by atoms with E-state index >= 15 is 0 Å². The van der Waals surface area contributed by atoms with E-state index in [4.69, 9.17) is 9.47 Å². The minimum absolute atomic E-state index is 0.112. The van der Waals surface area contributed by atoms with Crippen LogP contribution in [0.1, 0.15) is 18.6 Å². The number of carbonyl (C=O) groups is 1. The van der Waals surface area contributed by atoms with Crippen LogP contribution in [0.5, 0.6) is 11.5 Å². The molecule has 0 aromatic heterocycles. The Hall–Kier alpha value is -1.79. The fraction of sp³-hybridized carbons (Fsp3) is 0.500. The summed E-state index contributed by atoms with van der Waals surface area (Å²) < 4.78 is 10.9. The molecule has 0 radical (unpaired) electrons. The molecule has 1 aliphatic rings. The maximum Gasteiger partial charge on any atom is 0.236 e. The molecule has 6 nitrogen and oxygen atoms in total. The Bertz CT molecular complexity index is 478. The monoisotopic (exact) mass is 280 g/mol. The summed E-state index contributed by atoms with van der Waals surface area (Å²) in [6.07, 6.45) is -0.710. The van der Waals surface area contributed by atoms with Crippen molar-refractivity contribution in [3.63, 3.8) is 0 Å². The first-order valence-electron chi connectivity index (χ1n) is 6.64. The third-order valence-electron chi connectivity index (χ3n) is 3.21. The van der Waals surface area contributed by atoms with Gasteiger partial charge in [-0.3, -0.25) is 4.79 Å². The van der Waals surface area contributed by atoms with Crippen LogP contribution in [-0.2, 0) is 4.79 Å². The highest BCUT2D eigenvalue weighted by Crippen LogP contribution is 2.32. The van der Waals surface area contributed by atoms with Crippen LogP contribution in [0.15, 0.2) is 18.2 Å². The number of rotatable bonds is 5. The maximum absolute atomic E-state index is 11.4. The molecule has 1 aromatic carbocycles.